The van der Waals surface area contributed by atoms with Crippen molar-refractivity contribution in [3.8, 4) is 5.69 Å². The van der Waals surface area contributed by atoms with Crippen molar-refractivity contribution in [1.29, 1.82) is 0 Å². The molecular weight excluding hydrogens is 564 g/mol. The van der Waals surface area contributed by atoms with Crippen LogP contribution in [0.1, 0.15) is 65.7 Å². The highest BCUT2D eigenvalue weighted by Gasteiger charge is 2.24. The number of carbonyl (C=O) groups is 1. The summed E-state index contributed by atoms with van der Waals surface area (Å²) in [7, 11) is 1.32. The second kappa shape index (κ2) is 13.4. The summed E-state index contributed by atoms with van der Waals surface area (Å²) >= 11 is 0. The van der Waals surface area contributed by atoms with Gasteiger partial charge in [0.25, 0.3) is 5.91 Å². The number of aryl methyl sites for hydroxylation is 1. The molecular formula is C36H38N6O3. The Balaban J connectivity index is 1.21. The molecule has 9 nitrogen and oxygen atoms in total. The van der Waals surface area contributed by atoms with E-state index in [0.29, 0.717) is 23.6 Å². The highest BCUT2D eigenvalue weighted by atomic mass is 16.6. The summed E-state index contributed by atoms with van der Waals surface area (Å²) in [5, 5.41) is 3.52. The number of hydroxylamine groups is 1. The number of amides is 1. The van der Waals surface area contributed by atoms with E-state index >= 15 is 0 Å². The lowest BCUT2D eigenvalue weighted by atomic mass is 9.88. The van der Waals surface area contributed by atoms with Gasteiger partial charge in [-0.2, -0.15) is 4.98 Å². The number of aromatic nitrogens is 3. The lowest BCUT2D eigenvalue weighted by molar-refractivity contribution is 0.0536. The van der Waals surface area contributed by atoms with Gasteiger partial charge in [0.1, 0.15) is 5.56 Å². The molecule has 230 valence electrons. The number of nitrogens with zero attached hydrogens (tertiary/aromatic N) is 4. The van der Waals surface area contributed by atoms with E-state index in [1.807, 2.05) is 24.3 Å². The summed E-state index contributed by atoms with van der Waals surface area (Å²) in [6.45, 7) is 6.53. The molecule has 1 unspecified atom stereocenters. The molecule has 1 amide bonds. The molecule has 1 atom stereocenters. The van der Waals surface area contributed by atoms with Crippen molar-refractivity contribution in [3.05, 3.63) is 124 Å². The van der Waals surface area contributed by atoms with E-state index in [1.165, 1.54) is 36.2 Å². The minimum absolute atomic E-state index is 0.0656. The number of nitrogens with one attached hydrogen (secondary N) is 2. The summed E-state index contributed by atoms with van der Waals surface area (Å²) < 4.78 is 1.74. The molecule has 0 bridgehead atoms. The number of pyridine rings is 1. The second-order valence-electron chi connectivity index (χ2n) is 11.5. The second-order valence-corrected chi connectivity index (χ2v) is 11.5. The van der Waals surface area contributed by atoms with Crippen LogP contribution in [0.2, 0.25) is 0 Å². The van der Waals surface area contributed by atoms with Crippen LogP contribution in [-0.2, 0) is 11.3 Å². The molecule has 3 heterocycles. The monoisotopic (exact) mass is 602 g/mol. The fraction of sp³-hybridized carbons (Fsp3) is 0.278. The number of fused-ring (bicyclic) bond motifs is 1. The summed E-state index contributed by atoms with van der Waals surface area (Å²) in [6, 6.07) is 27.5. The Kier molecular flexibility index (Phi) is 9.00. The van der Waals surface area contributed by atoms with Crippen LogP contribution >= 0.6 is 0 Å². The molecule has 1 aliphatic heterocycles. The molecule has 1 saturated heterocycles. The van der Waals surface area contributed by atoms with Crippen molar-refractivity contribution < 1.29 is 9.63 Å². The number of likely N-dealkylation sites (tertiary alicyclic amines) is 1. The molecule has 2 aromatic heterocycles. The molecule has 6 rings (SSSR count). The molecule has 2 N–H and O–H groups in total. The Hall–Kier alpha value is -4.86. The number of anilines is 2. The molecule has 45 heavy (non-hydrogen) atoms. The van der Waals surface area contributed by atoms with Crippen molar-refractivity contribution in [2.75, 3.05) is 25.5 Å². The summed E-state index contributed by atoms with van der Waals surface area (Å²) in [5.41, 5.74) is 7.59. The Morgan fingerprint density at radius 3 is 2.38 bits per heavy atom. The van der Waals surface area contributed by atoms with Gasteiger partial charge in [-0.3, -0.25) is 19.3 Å². The number of benzene rings is 3. The number of carbonyl (C=O) groups excluding carboxylic acids is 1. The van der Waals surface area contributed by atoms with Crippen LogP contribution in [0.15, 0.2) is 96.1 Å². The lowest BCUT2D eigenvalue weighted by Gasteiger charge is -2.36. The summed E-state index contributed by atoms with van der Waals surface area (Å²) in [6.07, 6.45) is 6.11. The minimum Gasteiger partial charge on any atom is -0.324 e. The quantitative estimate of drug-likeness (QED) is 0.191. The Bertz CT molecular complexity index is 1830. The fourth-order valence-electron chi connectivity index (χ4n) is 6.10. The minimum atomic E-state index is -0.637. The van der Waals surface area contributed by atoms with Gasteiger partial charge in [-0.05, 0) is 86.1 Å². The van der Waals surface area contributed by atoms with E-state index in [2.05, 4.69) is 89.1 Å². The standard InChI is InChI=1S/C36H38N6O3/c1-4-25-10-16-30(17-11-25)42-23-32(35(44)40-45-3)33(43)31-22-37-36(39-34(31)42)38-29-14-12-27(13-15-29)28-18-20-41(21-19-28)24(2)26-8-6-5-7-9-26/h5-17,22-24,28H,4,18-21H2,1-3H3,(H,40,44)(H,37,38,39). The number of hydrogen-bond donors (Lipinski definition) is 2. The van der Waals surface area contributed by atoms with Gasteiger partial charge in [0, 0.05) is 29.8 Å². The molecule has 5 aromatic rings. The summed E-state index contributed by atoms with van der Waals surface area (Å²) in [4.78, 5) is 42.4. The van der Waals surface area contributed by atoms with Gasteiger partial charge in [0.15, 0.2) is 5.65 Å². The highest BCUT2D eigenvalue weighted by Crippen LogP contribution is 2.33. The van der Waals surface area contributed by atoms with Gasteiger partial charge in [-0.25, -0.2) is 10.5 Å². The average molecular weight is 603 g/mol. The smallest absolute Gasteiger partial charge is 0.280 e. The molecule has 9 heteroatoms. The van der Waals surface area contributed by atoms with Crippen LogP contribution in [0.25, 0.3) is 16.7 Å². The van der Waals surface area contributed by atoms with Crippen molar-refractivity contribution in [1.82, 2.24) is 24.9 Å². The highest BCUT2D eigenvalue weighted by molar-refractivity contribution is 5.96. The SMILES string of the molecule is CCc1ccc(-n2cc(C(=O)NOC)c(=O)c3cnc(Nc4ccc(C5CCN(C(C)c6ccccc6)CC5)cc4)nc32)cc1. The maximum Gasteiger partial charge on any atom is 0.280 e. The normalized spacial score (nSPS) is 14.7. The van der Waals surface area contributed by atoms with Gasteiger partial charge in [0.05, 0.1) is 12.5 Å². The molecule has 0 radical (unpaired) electrons. The third kappa shape index (κ3) is 6.50. The zero-order valence-corrected chi connectivity index (χ0v) is 25.9. The maximum atomic E-state index is 13.3. The van der Waals surface area contributed by atoms with Crippen LogP contribution < -0.4 is 16.2 Å². The van der Waals surface area contributed by atoms with Crippen molar-refractivity contribution in [3.63, 3.8) is 0 Å². The third-order valence-corrected chi connectivity index (χ3v) is 8.80. The van der Waals surface area contributed by atoms with Crippen molar-refractivity contribution >= 4 is 28.6 Å². The molecule has 0 saturated carbocycles. The van der Waals surface area contributed by atoms with Crippen LogP contribution in [-0.4, -0.2) is 45.5 Å². The Morgan fingerprint density at radius 1 is 1.00 bits per heavy atom. The van der Waals surface area contributed by atoms with E-state index in [4.69, 9.17) is 9.82 Å². The molecule has 0 spiro atoms. The van der Waals surface area contributed by atoms with Crippen molar-refractivity contribution in [2.24, 2.45) is 0 Å². The largest absolute Gasteiger partial charge is 0.324 e. The number of hydrogen-bond acceptors (Lipinski definition) is 7. The average Bonchev–Trinajstić information content (AvgIpc) is 3.09. The van der Waals surface area contributed by atoms with Crippen LogP contribution in [0.4, 0.5) is 11.6 Å². The van der Waals surface area contributed by atoms with E-state index in [-0.39, 0.29) is 10.9 Å². The van der Waals surface area contributed by atoms with Gasteiger partial charge in [-0.1, -0.05) is 61.5 Å². The fourth-order valence-corrected chi connectivity index (χ4v) is 6.10. The van der Waals surface area contributed by atoms with Crippen LogP contribution in [0.5, 0.6) is 0 Å². The lowest BCUT2D eigenvalue weighted by Crippen LogP contribution is -2.35. The zero-order chi connectivity index (χ0) is 31.3. The molecule has 1 aliphatic rings. The topological polar surface area (TPSA) is 101 Å². The van der Waals surface area contributed by atoms with Gasteiger partial charge < -0.3 is 9.88 Å². The summed E-state index contributed by atoms with van der Waals surface area (Å²) in [5.74, 6) is 0.237. The third-order valence-electron chi connectivity index (χ3n) is 8.80. The Morgan fingerprint density at radius 2 is 1.71 bits per heavy atom. The Labute approximate surface area is 262 Å². The first-order valence-corrected chi connectivity index (χ1v) is 15.5. The predicted octanol–water partition coefficient (Wildman–Crippen LogP) is 6.32. The van der Waals surface area contributed by atoms with Crippen LogP contribution in [0, 0.1) is 0 Å². The van der Waals surface area contributed by atoms with Crippen molar-refractivity contribution in [2.45, 2.75) is 45.1 Å². The van der Waals surface area contributed by atoms with E-state index in [9.17, 15) is 9.59 Å². The van der Waals surface area contributed by atoms with Gasteiger partial charge >= 0.3 is 0 Å². The number of rotatable bonds is 9. The van der Waals surface area contributed by atoms with E-state index in [1.54, 1.807) is 4.57 Å². The van der Waals surface area contributed by atoms with Gasteiger partial charge in [-0.15, -0.1) is 0 Å². The zero-order valence-electron chi connectivity index (χ0n) is 25.9. The maximum absolute atomic E-state index is 13.3. The van der Waals surface area contributed by atoms with Crippen LogP contribution in [0.3, 0.4) is 0 Å². The molecule has 3 aromatic carbocycles. The van der Waals surface area contributed by atoms with E-state index in [0.717, 1.165) is 43.7 Å². The van der Waals surface area contributed by atoms with Gasteiger partial charge in [0.2, 0.25) is 11.4 Å². The first-order valence-electron chi connectivity index (χ1n) is 15.5. The first-order chi connectivity index (χ1) is 21.9. The predicted molar refractivity (Wildman–Crippen MR) is 177 cm³/mol. The number of piperidine rings is 1. The first kappa shape index (κ1) is 30.2. The molecule has 0 aliphatic carbocycles. The van der Waals surface area contributed by atoms with E-state index < -0.39 is 11.3 Å². The molecule has 1 fully saturated rings.